The van der Waals surface area contributed by atoms with Crippen LogP contribution in [0.4, 0.5) is 0 Å². The fraction of sp³-hybridized carbons (Fsp3) is 0.857. The molecule has 1 amide bonds. The van der Waals surface area contributed by atoms with Crippen LogP contribution < -0.4 is 5.73 Å². The van der Waals surface area contributed by atoms with E-state index in [0.717, 1.165) is 0 Å². The zero-order valence-electron chi connectivity index (χ0n) is 6.76. The summed E-state index contributed by atoms with van der Waals surface area (Å²) in [6, 6.07) is 0. The third-order valence-electron chi connectivity index (χ3n) is 1.43. The van der Waals surface area contributed by atoms with Gasteiger partial charge in [-0.15, -0.1) is 11.8 Å². The second kappa shape index (κ2) is 4.61. The van der Waals surface area contributed by atoms with E-state index >= 15 is 0 Å². The van der Waals surface area contributed by atoms with Crippen molar-refractivity contribution in [2.75, 3.05) is 5.75 Å². The van der Waals surface area contributed by atoms with Crippen LogP contribution in [0, 0.1) is 5.92 Å². The first kappa shape index (κ1) is 9.82. The minimum absolute atomic E-state index is 0.225. The highest BCUT2D eigenvalue weighted by Crippen LogP contribution is 2.17. The first-order chi connectivity index (χ1) is 4.54. The maximum Gasteiger partial charge on any atom is 0.227 e. The summed E-state index contributed by atoms with van der Waals surface area (Å²) >= 11 is 1.62. The molecular weight excluding hydrogens is 146 g/mol. The minimum Gasteiger partial charge on any atom is -0.369 e. The highest BCUT2D eigenvalue weighted by molar-refractivity contribution is 8.00. The first-order valence-electron chi connectivity index (χ1n) is 3.44. The fourth-order valence-corrected chi connectivity index (χ4v) is 1.22. The molecule has 0 saturated carbocycles. The molecule has 0 aromatic rings. The van der Waals surface area contributed by atoms with Crippen molar-refractivity contribution >= 4 is 17.7 Å². The molecule has 0 bridgehead atoms. The summed E-state index contributed by atoms with van der Waals surface area (Å²) in [5.41, 5.74) is 4.98. The predicted molar refractivity (Wildman–Crippen MR) is 46.0 cm³/mol. The lowest BCUT2D eigenvalue weighted by Crippen LogP contribution is -2.17. The maximum atomic E-state index is 10.3. The Labute approximate surface area is 66.6 Å². The van der Waals surface area contributed by atoms with Crippen molar-refractivity contribution in [3.05, 3.63) is 0 Å². The SMILES string of the molecule is CC(C)C(C)SCC(N)=O. The van der Waals surface area contributed by atoms with Gasteiger partial charge in [0.25, 0.3) is 0 Å². The quantitative estimate of drug-likeness (QED) is 0.674. The standard InChI is InChI=1S/C7H15NOS/c1-5(2)6(3)10-4-7(8)9/h5-6H,4H2,1-3H3,(H2,8,9). The van der Waals surface area contributed by atoms with E-state index < -0.39 is 0 Å². The third-order valence-corrected chi connectivity index (χ3v) is 2.95. The fourth-order valence-electron chi connectivity index (χ4n) is 0.406. The van der Waals surface area contributed by atoms with E-state index in [1.165, 1.54) is 0 Å². The number of carbonyl (C=O) groups excluding carboxylic acids is 1. The Morgan fingerprint density at radius 3 is 2.30 bits per heavy atom. The Bertz CT molecular complexity index is 114. The van der Waals surface area contributed by atoms with Gasteiger partial charge in [0.1, 0.15) is 0 Å². The van der Waals surface area contributed by atoms with Crippen molar-refractivity contribution < 1.29 is 4.79 Å². The molecule has 60 valence electrons. The van der Waals surface area contributed by atoms with E-state index in [1.54, 1.807) is 11.8 Å². The van der Waals surface area contributed by atoms with Gasteiger partial charge in [0.2, 0.25) is 5.91 Å². The molecule has 0 fully saturated rings. The molecule has 0 heterocycles. The summed E-state index contributed by atoms with van der Waals surface area (Å²) in [5, 5.41) is 0.521. The first-order valence-corrected chi connectivity index (χ1v) is 4.48. The van der Waals surface area contributed by atoms with Gasteiger partial charge in [-0.05, 0) is 5.92 Å². The average molecular weight is 161 g/mol. The third kappa shape index (κ3) is 4.68. The van der Waals surface area contributed by atoms with E-state index in [0.29, 0.717) is 16.9 Å². The second-order valence-electron chi connectivity index (χ2n) is 2.73. The molecule has 0 aliphatic carbocycles. The average Bonchev–Trinajstić information content (AvgIpc) is 1.82. The summed E-state index contributed by atoms with van der Waals surface area (Å²) in [6.45, 7) is 6.38. The molecule has 0 saturated heterocycles. The Morgan fingerprint density at radius 1 is 1.50 bits per heavy atom. The number of thioether (sulfide) groups is 1. The zero-order valence-corrected chi connectivity index (χ0v) is 7.57. The van der Waals surface area contributed by atoms with Crippen LogP contribution in [-0.4, -0.2) is 16.9 Å². The number of nitrogens with two attached hydrogens (primary N) is 1. The van der Waals surface area contributed by atoms with Crippen molar-refractivity contribution in [2.45, 2.75) is 26.0 Å². The largest absolute Gasteiger partial charge is 0.369 e. The van der Waals surface area contributed by atoms with Gasteiger partial charge in [-0.2, -0.15) is 0 Å². The molecule has 0 aliphatic rings. The molecule has 2 N–H and O–H groups in total. The van der Waals surface area contributed by atoms with Gasteiger partial charge in [0.15, 0.2) is 0 Å². The van der Waals surface area contributed by atoms with Crippen molar-refractivity contribution in [3.8, 4) is 0 Å². The van der Waals surface area contributed by atoms with E-state index in [1.807, 2.05) is 0 Å². The Kier molecular flexibility index (Phi) is 4.52. The van der Waals surface area contributed by atoms with Gasteiger partial charge < -0.3 is 5.73 Å². The van der Waals surface area contributed by atoms with Gasteiger partial charge in [-0.1, -0.05) is 20.8 Å². The normalized spacial score (nSPS) is 13.6. The Morgan fingerprint density at radius 2 is 2.00 bits per heavy atom. The summed E-state index contributed by atoms with van der Waals surface area (Å²) in [5.74, 6) is 0.834. The van der Waals surface area contributed by atoms with Crippen LogP contribution in [-0.2, 0) is 4.79 Å². The van der Waals surface area contributed by atoms with Crippen molar-refractivity contribution in [2.24, 2.45) is 11.7 Å². The lowest BCUT2D eigenvalue weighted by Gasteiger charge is -2.12. The van der Waals surface area contributed by atoms with Gasteiger partial charge >= 0.3 is 0 Å². The van der Waals surface area contributed by atoms with Crippen LogP contribution in [0.3, 0.4) is 0 Å². The van der Waals surface area contributed by atoms with Crippen LogP contribution in [0.2, 0.25) is 0 Å². The predicted octanol–water partition coefficient (Wildman–Crippen LogP) is 1.25. The smallest absolute Gasteiger partial charge is 0.227 e. The van der Waals surface area contributed by atoms with Crippen LogP contribution in [0.25, 0.3) is 0 Å². The highest BCUT2D eigenvalue weighted by Gasteiger charge is 2.07. The van der Waals surface area contributed by atoms with Crippen LogP contribution in [0.1, 0.15) is 20.8 Å². The Balaban J connectivity index is 3.39. The molecule has 0 spiro atoms. The molecule has 3 heteroatoms. The number of rotatable bonds is 4. The topological polar surface area (TPSA) is 43.1 Å². The molecule has 2 nitrogen and oxygen atoms in total. The second-order valence-corrected chi connectivity index (χ2v) is 4.09. The van der Waals surface area contributed by atoms with E-state index in [2.05, 4.69) is 20.8 Å². The minimum atomic E-state index is -0.225. The van der Waals surface area contributed by atoms with Gasteiger partial charge in [-0.25, -0.2) is 0 Å². The van der Waals surface area contributed by atoms with E-state index in [-0.39, 0.29) is 5.91 Å². The van der Waals surface area contributed by atoms with E-state index in [9.17, 15) is 4.79 Å². The number of carbonyl (C=O) groups is 1. The molecule has 0 aliphatic heterocycles. The van der Waals surface area contributed by atoms with Gasteiger partial charge in [-0.3, -0.25) is 4.79 Å². The highest BCUT2D eigenvalue weighted by atomic mass is 32.2. The number of hydrogen-bond donors (Lipinski definition) is 1. The number of primary amides is 1. The molecule has 0 aromatic heterocycles. The number of hydrogen-bond acceptors (Lipinski definition) is 2. The Hall–Kier alpha value is -0.180. The van der Waals surface area contributed by atoms with E-state index in [4.69, 9.17) is 5.73 Å². The van der Waals surface area contributed by atoms with Crippen LogP contribution in [0.15, 0.2) is 0 Å². The number of amides is 1. The molecule has 10 heavy (non-hydrogen) atoms. The van der Waals surface area contributed by atoms with Gasteiger partial charge in [0, 0.05) is 5.25 Å². The van der Waals surface area contributed by atoms with Crippen molar-refractivity contribution in [3.63, 3.8) is 0 Å². The van der Waals surface area contributed by atoms with Crippen molar-refractivity contribution in [1.29, 1.82) is 0 Å². The summed E-state index contributed by atoms with van der Waals surface area (Å²) in [6.07, 6.45) is 0. The summed E-state index contributed by atoms with van der Waals surface area (Å²) in [7, 11) is 0. The molecular formula is C7H15NOS. The summed E-state index contributed by atoms with van der Waals surface area (Å²) < 4.78 is 0. The molecule has 0 radical (unpaired) electrons. The van der Waals surface area contributed by atoms with Gasteiger partial charge in [0.05, 0.1) is 5.75 Å². The molecule has 0 rings (SSSR count). The molecule has 1 unspecified atom stereocenters. The summed E-state index contributed by atoms with van der Waals surface area (Å²) in [4.78, 5) is 10.3. The monoisotopic (exact) mass is 161 g/mol. The van der Waals surface area contributed by atoms with Crippen molar-refractivity contribution in [1.82, 2.24) is 0 Å². The van der Waals surface area contributed by atoms with Crippen LogP contribution >= 0.6 is 11.8 Å². The maximum absolute atomic E-state index is 10.3. The lowest BCUT2D eigenvalue weighted by molar-refractivity contribution is -0.115. The van der Waals surface area contributed by atoms with Crippen LogP contribution in [0.5, 0.6) is 0 Å². The molecule has 0 aromatic carbocycles. The lowest BCUT2D eigenvalue weighted by atomic mass is 10.2. The zero-order chi connectivity index (χ0) is 8.15. The molecule has 1 atom stereocenters.